The first-order valence-electron chi connectivity index (χ1n) is 6.78. The minimum Gasteiger partial charge on any atom is -0.480 e. The topological polar surface area (TPSA) is 113 Å². The normalized spacial score (nSPS) is 19.8. The smallest absolute Gasteiger partial charge is 0.326 e. The number of nitrogens with two attached hydrogens (primary N) is 1. The highest BCUT2D eigenvalue weighted by Crippen LogP contribution is 2.29. The Morgan fingerprint density at radius 1 is 1.30 bits per heavy atom. The number of nitrogens with zero attached hydrogens (tertiary/aromatic N) is 1. The summed E-state index contributed by atoms with van der Waals surface area (Å²) in [5.74, 6) is -2.01. The molecule has 114 valence electrons. The molecule has 0 saturated carbocycles. The lowest BCUT2D eigenvalue weighted by atomic mass is 9.85. The molecule has 1 fully saturated rings. The predicted molar refractivity (Wildman–Crippen MR) is 73.0 cm³/mol. The molecule has 1 saturated heterocycles. The number of carboxylic acids is 1. The zero-order valence-corrected chi connectivity index (χ0v) is 12.0. The number of hydrogen-bond donors (Lipinski definition) is 3. The summed E-state index contributed by atoms with van der Waals surface area (Å²) in [6.45, 7) is 5.49. The van der Waals surface area contributed by atoms with Crippen LogP contribution in [0.25, 0.3) is 0 Å². The summed E-state index contributed by atoms with van der Waals surface area (Å²) in [6, 6.07) is -1.72. The summed E-state index contributed by atoms with van der Waals surface area (Å²) in [6.07, 6.45) is 2.38. The molecular weight excluding hydrogens is 262 g/mol. The fourth-order valence-electron chi connectivity index (χ4n) is 2.27. The van der Waals surface area contributed by atoms with E-state index in [1.54, 1.807) is 4.90 Å². The van der Waals surface area contributed by atoms with Crippen LogP contribution in [0.1, 0.15) is 39.5 Å². The van der Waals surface area contributed by atoms with Crippen LogP contribution < -0.4 is 11.1 Å². The van der Waals surface area contributed by atoms with Gasteiger partial charge in [0.25, 0.3) is 0 Å². The van der Waals surface area contributed by atoms with Crippen molar-refractivity contribution >= 4 is 17.9 Å². The van der Waals surface area contributed by atoms with Gasteiger partial charge in [-0.05, 0) is 24.7 Å². The van der Waals surface area contributed by atoms with Crippen molar-refractivity contribution < 1.29 is 19.5 Å². The second-order valence-corrected chi connectivity index (χ2v) is 6.02. The Morgan fingerprint density at radius 2 is 1.95 bits per heavy atom. The van der Waals surface area contributed by atoms with Gasteiger partial charge in [0.15, 0.2) is 0 Å². The van der Waals surface area contributed by atoms with E-state index in [2.05, 4.69) is 19.2 Å². The summed E-state index contributed by atoms with van der Waals surface area (Å²) in [4.78, 5) is 35.4. The summed E-state index contributed by atoms with van der Waals surface area (Å²) in [5, 5.41) is 11.3. The van der Waals surface area contributed by atoms with E-state index >= 15 is 0 Å². The average Bonchev–Trinajstić information content (AvgIpc) is 2.48. The zero-order valence-electron chi connectivity index (χ0n) is 12.0. The van der Waals surface area contributed by atoms with Crippen LogP contribution in [-0.4, -0.2) is 47.0 Å². The zero-order chi connectivity index (χ0) is 15.3. The van der Waals surface area contributed by atoms with E-state index in [1.807, 2.05) is 0 Å². The molecule has 0 radical (unpaired) electrons. The fraction of sp³-hybridized carbons (Fsp3) is 0.769. The molecule has 1 heterocycles. The first-order valence-corrected chi connectivity index (χ1v) is 6.78. The van der Waals surface area contributed by atoms with Crippen LogP contribution in [0.3, 0.4) is 0 Å². The minimum atomic E-state index is -1.27. The number of likely N-dealkylation sites (tertiary alicyclic amines) is 1. The number of carbonyl (C=O) groups is 3. The van der Waals surface area contributed by atoms with Crippen molar-refractivity contribution in [2.24, 2.45) is 11.1 Å². The first-order chi connectivity index (χ1) is 9.21. The Hall–Kier alpha value is -1.79. The summed E-state index contributed by atoms with van der Waals surface area (Å²) < 4.78 is 0. The maximum absolute atomic E-state index is 12.1. The highest BCUT2D eigenvalue weighted by molar-refractivity contribution is 5.87. The van der Waals surface area contributed by atoms with Gasteiger partial charge in [0.1, 0.15) is 6.04 Å². The Bertz CT molecular complexity index is 395. The number of amides is 3. The highest BCUT2D eigenvalue weighted by atomic mass is 16.4. The molecule has 0 aromatic rings. The van der Waals surface area contributed by atoms with Crippen molar-refractivity contribution in [3.8, 4) is 0 Å². The van der Waals surface area contributed by atoms with Gasteiger partial charge in [-0.3, -0.25) is 4.79 Å². The van der Waals surface area contributed by atoms with Gasteiger partial charge >= 0.3 is 12.0 Å². The SMILES string of the molecule is CC1(C)CCCN(C(=O)NC(CC(N)=O)C(=O)O)CC1. The molecule has 1 atom stereocenters. The molecule has 1 rings (SSSR count). The quantitative estimate of drug-likeness (QED) is 0.699. The van der Waals surface area contributed by atoms with E-state index in [9.17, 15) is 14.4 Å². The number of primary amides is 1. The molecule has 4 N–H and O–H groups in total. The molecule has 7 heteroatoms. The molecule has 0 bridgehead atoms. The minimum absolute atomic E-state index is 0.189. The third-order valence-electron chi connectivity index (χ3n) is 3.63. The molecule has 1 aliphatic rings. The number of aliphatic carboxylic acids is 1. The molecular formula is C13H23N3O4. The Morgan fingerprint density at radius 3 is 2.50 bits per heavy atom. The van der Waals surface area contributed by atoms with E-state index in [0.717, 1.165) is 19.3 Å². The molecule has 0 aromatic heterocycles. The van der Waals surface area contributed by atoms with Gasteiger partial charge in [-0.25, -0.2) is 9.59 Å². The molecule has 20 heavy (non-hydrogen) atoms. The molecule has 0 aromatic carbocycles. The number of rotatable bonds is 4. The largest absolute Gasteiger partial charge is 0.480 e. The average molecular weight is 285 g/mol. The third kappa shape index (κ3) is 5.07. The van der Waals surface area contributed by atoms with Gasteiger partial charge in [-0.2, -0.15) is 0 Å². The molecule has 3 amide bonds. The van der Waals surface area contributed by atoms with E-state index in [-0.39, 0.29) is 5.41 Å². The molecule has 1 unspecified atom stereocenters. The number of urea groups is 1. The maximum atomic E-state index is 12.1. The fourth-order valence-corrected chi connectivity index (χ4v) is 2.27. The number of carboxylic acid groups (broad SMARTS) is 1. The third-order valence-corrected chi connectivity index (χ3v) is 3.63. The molecule has 0 spiro atoms. The van der Waals surface area contributed by atoms with Gasteiger partial charge in [0.2, 0.25) is 5.91 Å². The van der Waals surface area contributed by atoms with Crippen molar-refractivity contribution in [2.75, 3.05) is 13.1 Å². The lowest BCUT2D eigenvalue weighted by molar-refractivity contribution is -0.140. The second-order valence-electron chi connectivity index (χ2n) is 6.02. The molecule has 7 nitrogen and oxygen atoms in total. The van der Waals surface area contributed by atoms with Gasteiger partial charge in [-0.15, -0.1) is 0 Å². The summed E-state index contributed by atoms with van der Waals surface area (Å²) >= 11 is 0. The number of carbonyl (C=O) groups excluding carboxylic acids is 2. The van der Waals surface area contributed by atoms with Crippen molar-refractivity contribution in [2.45, 2.75) is 45.6 Å². The Kier molecular flexibility index (Phi) is 5.35. The van der Waals surface area contributed by atoms with Crippen LogP contribution in [0.5, 0.6) is 0 Å². The first kappa shape index (κ1) is 16.3. The highest BCUT2D eigenvalue weighted by Gasteiger charge is 2.28. The lowest BCUT2D eigenvalue weighted by Gasteiger charge is -2.25. The van der Waals surface area contributed by atoms with E-state index < -0.39 is 30.4 Å². The van der Waals surface area contributed by atoms with Crippen molar-refractivity contribution in [3.05, 3.63) is 0 Å². The molecule has 1 aliphatic heterocycles. The van der Waals surface area contributed by atoms with Crippen molar-refractivity contribution in [3.63, 3.8) is 0 Å². The Labute approximate surface area is 118 Å². The van der Waals surface area contributed by atoms with Crippen molar-refractivity contribution in [1.82, 2.24) is 10.2 Å². The van der Waals surface area contributed by atoms with Gasteiger partial charge in [-0.1, -0.05) is 13.8 Å². The Balaban J connectivity index is 2.60. The van der Waals surface area contributed by atoms with Crippen LogP contribution in [0.4, 0.5) is 4.79 Å². The van der Waals surface area contributed by atoms with Crippen LogP contribution >= 0.6 is 0 Å². The predicted octanol–water partition coefficient (Wildman–Crippen LogP) is 0.537. The van der Waals surface area contributed by atoms with Gasteiger partial charge in [0.05, 0.1) is 6.42 Å². The van der Waals surface area contributed by atoms with Gasteiger partial charge < -0.3 is 21.1 Å². The monoisotopic (exact) mass is 285 g/mol. The van der Waals surface area contributed by atoms with Crippen LogP contribution in [0.15, 0.2) is 0 Å². The summed E-state index contributed by atoms with van der Waals surface area (Å²) in [7, 11) is 0. The van der Waals surface area contributed by atoms with E-state index in [1.165, 1.54) is 0 Å². The maximum Gasteiger partial charge on any atom is 0.326 e. The second kappa shape index (κ2) is 6.58. The number of nitrogens with one attached hydrogen (secondary N) is 1. The van der Waals surface area contributed by atoms with E-state index in [0.29, 0.717) is 13.1 Å². The summed E-state index contributed by atoms with van der Waals surface area (Å²) in [5.41, 5.74) is 5.17. The standard InChI is InChI=1S/C13H23N3O4/c1-13(2)4-3-6-16(7-5-13)12(20)15-9(11(18)19)8-10(14)17/h9H,3-8H2,1-2H3,(H2,14,17)(H,15,20)(H,18,19). The van der Waals surface area contributed by atoms with Crippen LogP contribution in [0, 0.1) is 5.41 Å². The van der Waals surface area contributed by atoms with Crippen molar-refractivity contribution in [1.29, 1.82) is 0 Å². The van der Waals surface area contributed by atoms with Gasteiger partial charge in [0, 0.05) is 13.1 Å². The lowest BCUT2D eigenvalue weighted by Crippen LogP contribution is -2.49. The number of hydrogen-bond acceptors (Lipinski definition) is 3. The molecule has 0 aliphatic carbocycles. The van der Waals surface area contributed by atoms with Crippen LogP contribution in [0.2, 0.25) is 0 Å². The van der Waals surface area contributed by atoms with Crippen LogP contribution in [-0.2, 0) is 9.59 Å². The van der Waals surface area contributed by atoms with E-state index in [4.69, 9.17) is 10.8 Å².